The molecular formula is C16H18ClN5O2. The molecule has 8 heteroatoms. The van der Waals surface area contributed by atoms with Crippen molar-refractivity contribution in [3.05, 3.63) is 56.0 Å². The van der Waals surface area contributed by atoms with E-state index in [4.69, 9.17) is 11.6 Å². The molecular weight excluding hydrogens is 330 g/mol. The number of imidazole rings is 1. The highest BCUT2D eigenvalue weighted by Gasteiger charge is 2.13. The molecule has 1 N–H and O–H groups in total. The Hall–Kier alpha value is -2.54. The van der Waals surface area contributed by atoms with Crippen LogP contribution in [0, 0.1) is 6.92 Å². The maximum atomic E-state index is 12.4. The summed E-state index contributed by atoms with van der Waals surface area (Å²) in [4.78, 5) is 28.5. The predicted octanol–water partition coefficient (Wildman–Crippen LogP) is 1.51. The van der Waals surface area contributed by atoms with Crippen LogP contribution in [-0.4, -0.2) is 25.2 Å². The minimum absolute atomic E-state index is 0.340. The Bertz CT molecular complexity index is 1030. The fourth-order valence-corrected chi connectivity index (χ4v) is 2.93. The average Bonchev–Trinajstić information content (AvgIpc) is 2.97. The Morgan fingerprint density at radius 2 is 1.96 bits per heavy atom. The Labute approximate surface area is 143 Å². The van der Waals surface area contributed by atoms with Gasteiger partial charge in [-0.15, -0.1) is 0 Å². The summed E-state index contributed by atoms with van der Waals surface area (Å²) in [7, 11) is 3.08. The molecule has 0 amide bonds. The second-order valence-corrected chi connectivity index (χ2v) is 6.14. The number of aryl methyl sites for hydroxylation is 2. The normalized spacial score (nSPS) is 11.2. The van der Waals surface area contributed by atoms with Crippen LogP contribution in [0.25, 0.3) is 11.2 Å². The first-order valence-corrected chi connectivity index (χ1v) is 7.89. The molecule has 3 aromatic rings. The summed E-state index contributed by atoms with van der Waals surface area (Å²) in [5.41, 5.74) is 2.14. The number of halogens is 1. The number of aromatic nitrogens is 4. The SMILES string of the molecule is Cc1cc(Cl)ccc1NCCn1cnc2c1c(=O)n(C)c(=O)n2C. The van der Waals surface area contributed by atoms with E-state index in [0.29, 0.717) is 29.3 Å². The molecule has 0 unspecified atom stereocenters. The number of nitrogens with one attached hydrogen (secondary N) is 1. The molecule has 2 aromatic heterocycles. The van der Waals surface area contributed by atoms with Gasteiger partial charge in [0, 0.05) is 37.9 Å². The molecule has 0 saturated carbocycles. The summed E-state index contributed by atoms with van der Waals surface area (Å²) in [5, 5.41) is 4.02. The highest BCUT2D eigenvalue weighted by Crippen LogP contribution is 2.19. The van der Waals surface area contributed by atoms with E-state index in [1.54, 1.807) is 17.9 Å². The van der Waals surface area contributed by atoms with Crippen LogP contribution < -0.4 is 16.6 Å². The largest absolute Gasteiger partial charge is 0.383 e. The molecule has 0 radical (unpaired) electrons. The van der Waals surface area contributed by atoms with Crippen LogP contribution in [-0.2, 0) is 20.6 Å². The van der Waals surface area contributed by atoms with Crippen molar-refractivity contribution in [2.75, 3.05) is 11.9 Å². The Kier molecular flexibility index (Phi) is 4.19. The Balaban J connectivity index is 1.86. The first-order valence-electron chi connectivity index (χ1n) is 7.51. The van der Waals surface area contributed by atoms with E-state index < -0.39 is 0 Å². The number of fused-ring (bicyclic) bond motifs is 1. The van der Waals surface area contributed by atoms with Gasteiger partial charge in [-0.1, -0.05) is 11.6 Å². The molecule has 0 bridgehead atoms. The van der Waals surface area contributed by atoms with Gasteiger partial charge in [0.05, 0.1) is 6.33 Å². The maximum Gasteiger partial charge on any atom is 0.332 e. The number of hydrogen-bond acceptors (Lipinski definition) is 4. The average molecular weight is 348 g/mol. The fourth-order valence-electron chi connectivity index (χ4n) is 2.70. The van der Waals surface area contributed by atoms with Crippen molar-refractivity contribution in [2.45, 2.75) is 13.5 Å². The van der Waals surface area contributed by atoms with Crippen LogP contribution in [0.3, 0.4) is 0 Å². The molecule has 2 heterocycles. The molecule has 0 aliphatic rings. The fraction of sp³-hybridized carbons (Fsp3) is 0.312. The second kappa shape index (κ2) is 6.16. The first-order chi connectivity index (χ1) is 11.4. The summed E-state index contributed by atoms with van der Waals surface area (Å²) in [6.07, 6.45) is 1.59. The van der Waals surface area contributed by atoms with Crippen molar-refractivity contribution >= 4 is 28.5 Å². The van der Waals surface area contributed by atoms with E-state index in [0.717, 1.165) is 15.8 Å². The van der Waals surface area contributed by atoms with Crippen molar-refractivity contribution in [1.29, 1.82) is 0 Å². The van der Waals surface area contributed by atoms with Gasteiger partial charge < -0.3 is 9.88 Å². The topological polar surface area (TPSA) is 73.8 Å². The molecule has 126 valence electrons. The molecule has 1 aromatic carbocycles. The van der Waals surface area contributed by atoms with Gasteiger partial charge in [0.1, 0.15) is 0 Å². The molecule has 0 fully saturated rings. The predicted molar refractivity (Wildman–Crippen MR) is 94.9 cm³/mol. The van der Waals surface area contributed by atoms with Crippen molar-refractivity contribution in [3.63, 3.8) is 0 Å². The molecule has 3 rings (SSSR count). The smallest absolute Gasteiger partial charge is 0.332 e. The lowest BCUT2D eigenvalue weighted by Gasteiger charge is -2.11. The number of rotatable bonds is 4. The lowest BCUT2D eigenvalue weighted by Crippen LogP contribution is -2.37. The maximum absolute atomic E-state index is 12.4. The van der Waals surface area contributed by atoms with E-state index in [1.807, 2.05) is 25.1 Å². The monoisotopic (exact) mass is 347 g/mol. The van der Waals surface area contributed by atoms with Crippen LogP contribution in [0.15, 0.2) is 34.1 Å². The second-order valence-electron chi connectivity index (χ2n) is 5.70. The Morgan fingerprint density at radius 3 is 2.67 bits per heavy atom. The van der Waals surface area contributed by atoms with Gasteiger partial charge in [0.25, 0.3) is 5.56 Å². The number of hydrogen-bond donors (Lipinski definition) is 1. The highest BCUT2D eigenvalue weighted by atomic mass is 35.5. The molecule has 7 nitrogen and oxygen atoms in total. The Morgan fingerprint density at radius 1 is 1.21 bits per heavy atom. The molecule has 24 heavy (non-hydrogen) atoms. The quantitative estimate of drug-likeness (QED) is 0.776. The van der Waals surface area contributed by atoms with Gasteiger partial charge in [0.2, 0.25) is 0 Å². The standard InChI is InChI=1S/C16H18ClN5O2/c1-10-8-11(17)4-5-12(10)18-6-7-22-9-19-14-13(22)15(23)21(3)16(24)20(14)2/h4-5,8-9,18H,6-7H2,1-3H3. The third-order valence-electron chi connectivity index (χ3n) is 4.07. The van der Waals surface area contributed by atoms with Gasteiger partial charge in [-0.25, -0.2) is 9.78 Å². The summed E-state index contributed by atoms with van der Waals surface area (Å²) >= 11 is 5.95. The summed E-state index contributed by atoms with van der Waals surface area (Å²) in [6.45, 7) is 3.14. The van der Waals surface area contributed by atoms with E-state index in [2.05, 4.69) is 10.3 Å². The van der Waals surface area contributed by atoms with Crippen molar-refractivity contribution in [1.82, 2.24) is 18.7 Å². The molecule has 0 spiro atoms. The van der Waals surface area contributed by atoms with Crippen LogP contribution in [0.2, 0.25) is 5.02 Å². The third kappa shape index (κ3) is 2.71. The van der Waals surface area contributed by atoms with E-state index in [1.165, 1.54) is 11.6 Å². The van der Waals surface area contributed by atoms with Crippen molar-refractivity contribution in [3.8, 4) is 0 Å². The number of benzene rings is 1. The number of nitrogens with zero attached hydrogens (tertiary/aromatic N) is 4. The van der Waals surface area contributed by atoms with Gasteiger partial charge in [0.15, 0.2) is 11.2 Å². The van der Waals surface area contributed by atoms with E-state index in [-0.39, 0.29) is 11.2 Å². The van der Waals surface area contributed by atoms with Crippen molar-refractivity contribution < 1.29 is 0 Å². The minimum Gasteiger partial charge on any atom is -0.383 e. The van der Waals surface area contributed by atoms with E-state index >= 15 is 0 Å². The lowest BCUT2D eigenvalue weighted by molar-refractivity contribution is 0.695. The van der Waals surface area contributed by atoms with Crippen LogP contribution in [0.4, 0.5) is 5.69 Å². The number of anilines is 1. The molecule has 0 atom stereocenters. The zero-order chi connectivity index (χ0) is 17.4. The van der Waals surface area contributed by atoms with Gasteiger partial charge in [-0.2, -0.15) is 0 Å². The van der Waals surface area contributed by atoms with Gasteiger partial charge in [-0.05, 0) is 30.7 Å². The molecule has 0 saturated heterocycles. The summed E-state index contributed by atoms with van der Waals surface area (Å²) in [6, 6.07) is 5.64. The van der Waals surface area contributed by atoms with Gasteiger partial charge >= 0.3 is 5.69 Å². The van der Waals surface area contributed by atoms with Crippen LogP contribution >= 0.6 is 11.6 Å². The zero-order valence-corrected chi connectivity index (χ0v) is 14.5. The van der Waals surface area contributed by atoms with Crippen LogP contribution in [0.1, 0.15) is 5.56 Å². The molecule has 0 aliphatic heterocycles. The lowest BCUT2D eigenvalue weighted by atomic mass is 10.2. The molecule has 0 aliphatic carbocycles. The summed E-state index contributed by atoms with van der Waals surface area (Å²) in [5.74, 6) is 0. The van der Waals surface area contributed by atoms with Crippen molar-refractivity contribution in [2.24, 2.45) is 14.1 Å². The van der Waals surface area contributed by atoms with Crippen LogP contribution in [0.5, 0.6) is 0 Å². The minimum atomic E-state index is -0.382. The first kappa shape index (κ1) is 16.3. The third-order valence-corrected chi connectivity index (χ3v) is 4.31. The highest BCUT2D eigenvalue weighted by molar-refractivity contribution is 6.30. The van der Waals surface area contributed by atoms with Gasteiger partial charge in [-0.3, -0.25) is 13.9 Å². The van der Waals surface area contributed by atoms with E-state index in [9.17, 15) is 9.59 Å². The summed E-state index contributed by atoms with van der Waals surface area (Å²) < 4.78 is 4.23. The zero-order valence-electron chi connectivity index (χ0n) is 13.7.